The molecular weight excluding hydrogens is 813 g/mol. The van der Waals surface area contributed by atoms with Gasteiger partial charge in [-0.25, -0.2) is 0 Å². The molecule has 0 saturated carbocycles. The Morgan fingerprint density at radius 2 is 0.652 bits per heavy atom. The first-order chi connectivity index (χ1) is 32.6. The first kappa shape index (κ1) is 63.1. The van der Waals surface area contributed by atoms with Gasteiger partial charge in [0.25, 0.3) is 0 Å². The summed E-state index contributed by atoms with van der Waals surface area (Å²) in [6.07, 6.45) is 74.5. The number of carbonyl (C=O) groups is 2. The van der Waals surface area contributed by atoms with Gasteiger partial charge in [0.2, 0.25) is 0 Å². The zero-order valence-corrected chi connectivity index (χ0v) is 43.7. The second-order valence-electron chi connectivity index (χ2n) is 18.5. The third-order valence-electron chi connectivity index (χ3n) is 11.9. The highest BCUT2D eigenvalue weighted by Gasteiger charge is 2.17. The van der Waals surface area contributed by atoms with Crippen LogP contribution in [0, 0.1) is 0 Å². The molecule has 0 aromatic rings. The Morgan fingerprint density at radius 3 is 1.08 bits per heavy atom. The second-order valence-corrected chi connectivity index (χ2v) is 18.5. The Labute approximate surface area is 409 Å². The zero-order valence-electron chi connectivity index (χ0n) is 43.7. The van der Waals surface area contributed by atoms with Crippen LogP contribution in [0.4, 0.5) is 0 Å². The van der Waals surface area contributed by atoms with Crippen LogP contribution in [0.25, 0.3) is 0 Å². The molecule has 0 saturated heterocycles. The van der Waals surface area contributed by atoms with Gasteiger partial charge in [0.05, 0.1) is 6.61 Å². The predicted octanol–water partition coefficient (Wildman–Crippen LogP) is 19.2. The van der Waals surface area contributed by atoms with Crippen molar-refractivity contribution in [2.75, 3.05) is 19.8 Å². The van der Waals surface area contributed by atoms with Gasteiger partial charge in [-0.05, 0) is 116 Å². The Kier molecular flexibility index (Phi) is 53.9. The summed E-state index contributed by atoms with van der Waals surface area (Å²) in [5.41, 5.74) is 0. The van der Waals surface area contributed by atoms with E-state index >= 15 is 0 Å². The summed E-state index contributed by atoms with van der Waals surface area (Å²) in [5, 5.41) is 0. The molecule has 66 heavy (non-hydrogen) atoms. The van der Waals surface area contributed by atoms with Gasteiger partial charge >= 0.3 is 11.9 Å². The molecule has 0 aromatic heterocycles. The summed E-state index contributed by atoms with van der Waals surface area (Å²) < 4.78 is 17.4. The fourth-order valence-corrected chi connectivity index (χ4v) is 7.62. The summed E-state index contributed by atoms with van der Waals surface area (Å²) in [5.74, 6) is -0.426. The van der Waals surface area contributed by atoms with E-state index in [1.807, 2.05) is 0 Å². The molecule has 0 N–H and O–H groups in total. The van der Waals surface area contributed by atoms with Gasteiger partial charge in [-0.2, -0.15) is 0 Å². The van der Waals surface area contributed by atoms with Crippen molar-refractivity contribution in [2.45, 2.75) is 271 Å². The summed E-state index contributed by atoms with van der Waals surface area (Å²) in [4.78, 5) is 25.4. The normalized spacial score (nSPS) is 12.8. The number of allylic oxidation sites excluding steroid dienone is 14. The number of hydrogen-bond acceptors (Lipinski definition) is 5. The molecule has 1 unspecified atom stereocenters. The molecule has 0 aliphatic rings. The molecule has 5 heteroatoms. The smallest absolute Gasteiger partial charge is 0.306 e. The van der Waals surface area contributed by atoms with E-state index in [-0.39, 0.29) is 25.2 Å². The molecule has 380 valence electrons. The maximum atomic E-state index is 12.8. The second kappa shape index (κ2) is 56.4. The largest absolute Gasteiger partial charge is 0.462 e. The Morgan fingerprint density at radius 1 is 0.333 bits per heavy atom. The number of ether oxygens (including phenoxy) is 3. The topological polar surface area (TPSA) is 61.8 Å². The Balaban J connectivity index is 4.27. The van der Waals surface area contributed by atoms with E-state index in [2.05, 4.69) is 106 Å². The van der Waals surface area contributed by atoms with Gasteiger partial charge in [-0.1, -0.05) is 221 Å². The van der Waals surface area contributed by atoms with Crippen molar-refractivity contribution < 1.29 is 23.8 Å². The molecule has 1 atom stereocenters. The van der Waals surface area contributed by atoms with Crippen LogP contribution in [0.15, 0.2) is 85.1 Å². The van der Waals surface area contributed by atoms with Crippen LogP contribution >= 0.6 is 0 Å². The fraction of sp³-hybridized carbons (Fsp3) is 0.738. The highest BCUT2D eigenvalue weighted by Crippen LogP contribution is 2.14. The molecule has 0 heterocycles. The molecule has 0 bridgehead atoms. The van der Waals surface area contributed by atoms with Gasteiger partial charge in [-0.3, -0.25) is 9.59 Å². The van der Waals surface area contributed by atoms with Crippen molar-refractivity contribution in [3.8, 4) is 0 Å². The number of hydrogen-bond donors (Lipinski definition) is 0. The minimum Gasteiger partial charge on any atom is -0.462 e. The monoisotopic (exact) mass is 919 g/mol. The van der Waals surface area contributed by atoms with E-state index in [1.165, 1.54) is 141 Å². The molecule has 0 aliphatic carbocycles. The first-order valence-electron chi connectivity index (χ1n) is 28.1. The van der Waals surface area contributed by atoms with Gasteiger partial charge in [0.15, 0.2) is 6.10 Å². The number of rotatable bonds is 51. The first-order valence-corrected chi connectivity index (χ1v) is 28.1. The molecule has 0 fully saturated rings. The third-order valence-corrected chi connectivity index (χ3v) is 11.9. The van der Waals surface area contributed by atoms with E-state index < -0.39 is 6.10 Å². The maximum Gasteiger partial charge on any atom is 0.306 e. The van der Waals surface area contributed by atoms with Crippen LogP contribution in [-0.2, 0) is 23.8 Å². The highest BCUT2D eigenvalue weighted by atomic mass is 16.6. The van der Waals surface area contributed by atoms with Gasteiger partial charge < -0.3 is 14.2 Å². The van der Waals surface area contributed by atoms with Crippen molar-refractivity contribution in [3.05, 3.63) is 85.1 Å². The maximum absolute atomic E-state index is 12.8. The van der Waals surface area contributed by atoms with Gasteiger partial charge in [0.1, 0.15) is 6.61 Å². The fourth-order valence-electron chi connectivity index (χ4n) is 7.62. The van der Waals surface area contributed by atoms with Crippen LogP contribution < -0.4 is 0 Å². The van der Waals surface area contributed by atoms with Crippen LogP contribution in [0.2, 0.25) is 0 Å². The van der Waals surface area contributed by atoms with Crippen molar-refractivity contribution >= 4 is 11.9 Å². The molecular formula is C61H106O5. The lowest BCUT2D eigenvalue weighted by Crippen LogP contribution is -2.30. The zero-order chi connectivity index (χ0) is 47.7. The minimum absolute atomic E-state index is 0.0680. The van der Waals surface area contributed by atoms with E-state index in [1.54, 1.807) is 0 Å². The SMILES string of the molecule is CCCC/C=C\CCCCCCCC(=O)OC(COCCCCCCCCC/C=C\C/C=C\C/C=C\CCCCC)COC(=O)CCCCCCCC/C=C\C/C=C\C/C=C\CCCCC. The summed E-state index contributed by atoms with van der Waals surface area (Å²) >= 11 is 0. The summed E-state index contributed by atoms with van der Waals surface area (Å²) in [6.45, 7) is 7.71. The minimum atomic E-state index is -0.555. The Bertz CT molecular complexity index is 1220. The lowest BCUT2D eigenvalue weighted by molar-refractivity contribution is -0.163. The third kappa shape index (κ3) is 53.7. The van der Waals surface area contributed by atoms with Crippen molar-refractivity contribution in [2.24, 2.45) is 0 Å². The molecule has 0 rings (SSSR count). The van der Waals surface area contributed by atoms with Crippen LogP contribution in [-0.4, -0.2) is 37.9 Å². The standard InChI is InChI=1S/C61H106O5/c1-4-7-10-13-16-19-22-24-26-28-30-32-34-36-38-41-44-47-50-53-56-64-57-59(66-61(63)55-52-49-46-43-39-21-18-15-12-9-6-3)58-65-60(62)54-51-48-45-42-40-37-35-33-31-29-27-25-23-20-17-14-11-8-5-2/h15-20,24-27,30-33,59H,4-14,21-23,28-29,34-58H2,1-3H3/b18-15-,19-16-,20-17-,26-24-,27-25-,32-30-,33-31-. The van der Waals surface area contributed by atoms with Crippen LogP contribution in [0.3, 0.4) is 0 Å². The predicted molar refractivity (Wildman–Crippen MR) is 288 cm³/mol. The Hall–Kier alpha value is -2.92. The lowest BCUT2D eigenvalue weighted by atomic mass is 10.1. The molecule has 0 amide bonds. The quantitative estimate of drug-likeness (QED) is 0.0346. The molecule has 0 spiro atoms. The molecule has 5 nitrogen and oxygen atoms in total. The van der Waals surface area contributed by atoms with Crippen LogP contribution in [0.5, 0.6) is 0 Å². The summed E-state index contributed by atoms with van der Waals surface area (Å²) in [6, 6.07) is 0. The average molecular weight is 920 g/mol. The molecule has 0 aliphatic heterocycles. The van der Waals surface area contributed by atoms with Crippen molar-refractivity contribution in [1.29, 1.82) is 0 Å². The number of unbranched alkanes of at least 4 members (excludes halogenated alkanes) is 26. The highest BCUT2D eigenvalue weighted by molar-refractivity contribution is 5.70. The van der Waals surface area contributed by atoms with Gasteiger partial charge in [0, 0.05) is 19.4 Å². The lowest BCUT2D eigenvalue weighted by Gasteiger charge is -2.18. The molecule has 0 aromatic carbocycles. The van der Waals surface area contributed by atoms with E-state index in [0.717, 1.165) is 89.9 Å². The number of esters is 2. The van der Waals surface area contributed by atoms with E-state index in [0.29, 0.717) is 19.4 Å². The molecule has 0 radical (unpaired) electrons. The van der Waals surface area contributed by atoms with Crippen molar-refractivity contribution in [3.63, 3.8) is 0 Å². The van der Waals surface area contributed by atoms with E-state index in [9.17, 15) is 9.59 Å². The van der Waals surface area contributed by atoms with E-state index in [4.69, 9.17) is 14.2 Å². The van der Waals surface area contributed by atoms with Crippen molar-refractivity contribution in [1.82, 2.24) is 0 Å². The summed E-state index contributed by atoms with van der Waals surface area (Å²) in [7, 11) is 0. The number of carbonyl (C=O) groups excluding carboxylic acids is 2. The van der Waals surface area contributed by atoms with Gasteiger partial charge in [-0.15, -0.1) is 0 Å². The van der Waals surface area contributed by atoms with Crippen LogP contribution in [0.1, 0.15) is 265 Å². The average Bonchev–Trinajstić information content (AvgIpc) is 3.32.